The lowest BCUT2D eigenvalue weighted by atomic mass is 10.1. The summed E-state index contributed by atoms with van der Waals surface area (Å²) in [4.78, 5) is 10.2. The zero-order valence-corrected chi connectivity index (χ0v) is 8.54. The minimum atomic E-state index is -1.21. The van der Waals surface area contributed by atoms with Gasteiger partial charge >= 0.3 is 5.97 Å². The van der Waals surface area contributed by atoms with E-state index in [2.05, 4.69) is 0 Å². The molecule has 0 aliphatic carbocycles. The van der Waals surface area contributed by atoms with Crippen LogP contribution in [0.2, 0.25) is 0 Å². The van der Waals surface area contributed by atoms with Gasteiger partial charge in [-0.3, -0.25) is 0 Å². The summed E-state index contributed by atoms with van der Waals surface area (Å²) in [5.41, 5.74) is -0.0350. The largest absolute Gasteiger partial charge is 0.488 e. The summed E-state index contributed by atoms with van der Waals surface area (Å²) in [6, 6.07) is 2.17. The lowest BCUT2D eigenvalue weighted by molar-refractivity contribution is -0.131. The monoisotopic (exact) mass is 228 g/mol. The van der Waals surface area contributed by atoms with Crippen molar-refractivity contribution in [1.82, 2.24) is 0 Å². The summed E-state index contributed by atoms with van der Waals surface area (Å²) in [5, 5.41) is 8.38. The van der Waals surface area contributed by atoms with E-state index in [9.17, 15) is 13.6 Å². The zero-order chi connectivity index (χ0) is 12.1. The molecule has 1 N–H and O–H groups in total. The number of carbonyl (C=O) groups is 1. The molecule has 0 aliphatic rings. The van der Waals surface area contributed by atoms with E-state index in [1.165, 1.54) is 0 Å². The molecule has 0 amide bonds. The van der Waals surface area contributed by atoms with Crippen LogP contribution in [0.3, 0.4) is 0 Å². The fraction of sp³-hybridized carbons (Fsp3) is 0.182. The molecule has 0 unspecified atom stereocenters. The standard InChI is InChI=1S/C11H10F2O3/c1-2-16-11-8(12)5-3-7(10(11)13)4-6-9(14)15/h3-6H,2H2,1H3,(H,14,15). The van der Waals surface area contributed by atoms with Crippen LogP contribution >= 0.6 is 0 Å². The molecule has 16 heavy (non-hydrogen) atoms. The quantitative estimate of drug-likeness (QED) is 0.805. The Morgan fingerprint density at radius 1 is 1.50 bits per heavy atom. The van der Waals surface area contributed by atoms with Crippen molar-refractivity contribution in [2.75, 3.05) is 6.61 Å². The highest BCUT2D eigenvalue weighted by Crippen LogP contribution is 2.25. The Kier molecular flexibility index (Phi) is 3.99. The SMILES string of the molecule is CCOc1c(F)ccc(C=CC(=O)O)c1F. The van der Waals surface area contributed by atoms with Gasteiger partial charge < -0.3 is 9.84 Å². The summed E-state index contributed by atoms with van der Waals surface area (Å²) >= 11 is 0. The predicted molar refractivity (Wildman–Crippen MR) is 54.2 cm³/mol. The molecule has 0 atom stereocenters. The molecule has 0 radical (unpaired) electrons. The maximum atomic E-state index is 13.6. The average Bonchev–Trinajstić information content (AvgIpc) is 2.23. The van der Waals surface area contributed by atoms with Crippen LogP contribution in [-0.4, -0.2) is 17.7 Å². The van der Waals surface area contributed by atoms with Gasteiger partial charge in [-0.05, 0) is 25.1 Å². The number of carboxylic acids is 1. The molecule has 0 saturated carbocycles. The third kappa shape index (κ3) is 2.79. The van der Waals surface area contributed by atoms with E-state index < -0.39 is 23.4 Å². The number of halogens is 2. The maximum Gasteiger partial charge on any atom is 0.328 e. The fourth-order valence-corrected chi connectivity index (χ4v) is 1.11. The van der Waals surface area contributed by atoms with Crippen LogP contribution in [0.5, 0.6) is 5.75 Å². The van der Waals surface area contributed by atoms with Crippen LogP contribution in [0.4, 0.5) is 8.78 Å². The van der Waals surface area contributed by atoms with Gasteiger partial charge in [-0.1, -0.05) is 0 Å². The average molecular weight is 228 g/mol. The van der Waals surface area contributed by atoms with Gasteiger partial charge in [0.2, 0.25) is 0 Å². The Balaban J connectivity index is 3.12. The highest BCUT2D eigenvalue weighted by Gasteiger charge is 2.13. The van der Waals surface area contributed by atoms with Gasteiger partial charge in [-0.25, -0.2) is 13.6 Å². The fourth-order valence-electron chi connectivity index (χ4n) is 1.11. The summed E-state index contributed by atoms with van der Waals surface area (Å²) in [7, 11) is 0. The topological polar surface area (TPSA) is 46.5 Å². The van der Waals surface area contributed by atoms with Crippen molar-refractivity contribution in [2.45, 2.75) is 6.92 Å². The molecule has 0 aliphatic heterocycles. The Hall–Kier alpha value is -1.91. The maximum absolute atomic E-state index is 13.6. The van der Waals surface area contributed by atoms with Crippen molar-refractivity contribution >= 4 is 12.0 Å². The third-order valence-electron chi connectivity index (χ3n) is 1.77. The minimum absolute atomic E-state index is 0.0350. The van der Waals surface area contributed by atoms with E-state index >= 15 is 0 Å². The van der Waals surface area contributed by atoms with Crippen LogP contribution in [0, 0.1) is 11.6 Å². The van der Waals surface area contributed by atoms with Crippen molar-refractivity contribution < 1.29 is 23.4 Å². The van der Waals surface area contributed by atoms with Crippen LogP contribution in [0.15, 0.2) is 18.2 Å². The molecule has 0 aromatic heterocycles. The van der Waals surface area contributed by atoms with Crippen molar-refractivity contribution in [2.24, 2.45) is 0 Å². The predicted octanol–water partition coefficient (Wildman–Crippen LogP) is 2.46. The normalized spacial score (nSPS) is 10.7. The van der Waals surface area contributed by atoms with Crippen molar-refractivity contribution in [3.05, 3.63) is 35.4 Å². The number of ether oxygens (including phenoxy) is 1. The van der Waals surface area contributed by atoms with E-state index in [4.69, 9.17) is 9.84 Å². The first-order chi connectivity index (χ1) is 7.56. The molecule has 3 nitrogen and oxygen atoms in total. The first-order valence-electron chi connectivity index (χ1n) is 4.58. The van der Waals surface area contributed by atoms with Crippen LogP contribution in [0.1, 0.15) is 12.5 Å². The molecule has 86 valence electrons. The molecule has 0 heterocycles. The number of aliphatic carboxylic acids is 1. The van der Waals surface area contributed by atoms with E-state index in [-0.39, 0.29) is 12.2 Å². The molecular formula is C11H10F2O3. The van der Waals surface area contributed by atoms with E-state index in [1.807, 2.05) is 0 Å². The summed E-state index contributed by atoms with van der Waals surface area (Å²) in [6.45, 7) is 1.72. The Labute approximate surface area is 91.0 Å². The molecule has 0 spiro atoms. The van der Waals surface area contributed by atoms with Crippen LogP contribution in [0.25, 0.3) is 6.08 Å². The summed E-state index contributed by atoms with van der Waals surface area (Å²) in [6.07, 6.45) is 1.81. The Bertz CT molecular complexity index is 427. The molecule has 0 fully saturated rings. The van der Waals surface area contributed by atoms with Crippen molar-refractivity contribution in [1.29, 1.82) is 0 Å². The summed E-state index contributed by atoms with van der Waals surface area (Å²) in [5.74, 6) is -3.41. The van der Waals surface area contributed by atoms with Crippen LogP contribution in [-0.2, 0) is 4.79 Å². The molecule has 0 saturated heterocycles. The van der Waals surface area contributed by atoms with Gasteiger partial charge in [-0.15, -0.1) is 0 Å². The second-order valence-corrected chi connectivity index (χ2v) is 2.88. The molecule has 1 aromatic carbocycles. The lowest BCUT2D eigenvalue weighted by Crippen LogP contribution is -1.99. The zero-order valence-electron chi connectivity index (χ0n) is 8.54. The molecule has 1 aromatic rings. The van der Waals surface area contributed by atoms with Gasteiger partial charge in [-0.2, -0.15) is 0 Å². The lowest BCUT2D eigenvalue weighted by Gasteiger charge is -2.07. The molecular weight excluding hydrogens is 218 g/mol. The smallest absolute Gasteiger partial charge is 0.328 e. The van der Waals surface area contributed by atoms with Gasteiger partial charge in [0, 0.05) is 11.6 Å². The second-order valence-electron chi connectivity index (χ2n) is 2.88. The number of hydrogen-bond acceptors (Lipinski definition) is 2. The molecule has 5 heteroatoms. The second kappa shape index (κ2) is 5.25. The van der Waals surface area contributed by atoms with Crippen LogP contribution < -0.4 is 4.74 Å². The van der Waals surface area contributed by atoms with Crippen molar-refractivity contribution in [3.63, 3.8) is 0 Å². The van der Waals surface area contributed by atoms with Crippen molar-refractivity contribution in [3.8, 4) is 5.75 Å². The van der Waals surface area contributed by atoms with E-state index in [0.29, 0.717) is 0 Å². The van der Waals surface area contributed by atoms with Gasteiger partial charge in [0.05, 0.1) is 6.61 Å². The number of carboxylic acid groups (broad SMARTS) is 1. The first-order valence-corrected chi connectivity index (χ1v) is 4.58. The number of hydrogen-bond donors (Lipinski definition) is 1. The Morgan fingerprint density at radius 2 is 2.19 bits per heavy atom. The van der Waals surface area contributed by atoms with E-state index in [0.717, 1.165) is 24.3 Å². The highest BCUT2D eigenvalue weighted by atomic mass is 19.1. The summed E-state index contributed by atoms with van der Waals surface area (Å²) < 4.78 is 31.5. The van der Waals surface area contributed by atoms with Gasteiger partial charge in [0.1, 0.15) is 0 Å². The first kappa shape index (κ1) is 12.2. The molecule has 0 bridgehead atoms. The third-order valence-corrected chi connectivity index (χ3v) is 1.77. The number of rotatable bonds is 4. The molecule has 1 rings (SSSR count). The highest BCUT2D eigenvalue weighted by molar-refractivity contribution is 5.85. The van der Waals surface area contributed by atoms with Gasteiger partial charge in [0.15, 0.2) is 17.4 Å². The minimum Gasteiger partial charge on any atom is -0.488 e. The van der Waals surface area contributed by atoms with Gasteiger partial charge in [0.25, 0.3) is 0 Å². The Morgan fingerprint density at radius 3 is 2.75 bits per heavy atom. The van der Waals surface area contributed by atoms with E-state index in [1.54, 1.807) is 6.92 Å². The number of benzene rings is 1.